The van der Waals surface area contributed by atoms with Crippen molar-refractivity contribution in [1.82, 2.24) is 15.6 Å². The van der Waals surface area contributed by atoms with Crippen molar-refractivity contribution in [3.8, 4) is 11.6 Å². The lowest BCUT2D eigenvalue weighted by atomic mass is 10.2. The highest BCUT2D eigenvalue weighted by atomic mass is 127. The average Bonchev–Trinajstić information content (AvgIpc) is 3.30. The van der Waals surface area contributed by atoms with Crippen molar-refractivity contribution < 1.29 is 18.3 Å². The van der Waals surface area contributed by atoms with E-state index < -0.39 is 0 Å². The largest absolute Gasteiger partial charge is 0.467 e. The third-order valence-electron chi connectivity index (χ3n) is 4.18. The normalized spacial score (nSPS) is 11.0. The molecule has 2 N–H and O–H groups in total. The molecule has 2 heterocycles. The third-order valence-corrected chi connectivity index (χ3v) is 4.18. The molecular formula is C23H28FIN4O3. The van der Waals surface area contributed by atoms with Gasteiger partial charge in [0.1, 0.15) is 23.9 Å². The van der Waals surface area contributed by atoms with Gasteiger partial charge in [0.15, 0.2) is 5.96 Å². The first-order valence-electron chi connectivity index (χ1n) is 10.2. The molecule has 172 valence electrons. The van der Waals surface area contributed by atoms with Crippen molar-refractivity contribution in [1.29, 1.82) is 0 Å². The van der Waals surface area contributed by atoms with Gasteiger partial charge in [0.05, 0.1) is 12.8 Å². The van der Waals surface area contributed by atoms with Crippen LogP contribution in [0.5, 0.6) is 11.6 Å². The Hall–Kier alpha value is -2.66. The SMILES string of the molecule is CCNC(=NCc1ccnc(Oc2ccc(F)cc2)c1)NCCCOCc1ccco1.I. The zero-order chi connectivity index (χ0) is 21.7. The number of guanidine groups is 1. The minimum atomic E-state index is -0.309. The monoisotopic (exact) mass is 554 g/mol. The van der Waals surface area contributed by atoms with E-state index in [0.717, 1.165) is 36.8 Å². The number of hydrogen-bond donors (Lipinski definition) is 2. The molecule has 0 spiro atoms. The maximum Gasteiger partial charge on any atom is 0.219 e. The number of aliphatic imine (C=N–C) groups is 1. The fourth-order valence-corrected chi connectivity index (χ4v) is 2.69. The summed E-state index contributed by atoms with van der Waals surface area (Å²) in [6.07, 6.45) is 4.15. The summed E-state index contributed by atoms with van der Waals surface area (Å²) in [5.74, 6) is 2.20. The Kier molecular flexibility index (Phi) is 11.5. The van der Waals surface area contributed by atoms with Gasteiger partial charge in [-0.25, -0.2) is 14.4 Å². The molecule has 0 saturated carbocycles. The van der Waals surface area contributed by atoms with Gasteiger partial charge in [-0.2, -0.15) is 0 Å². The number of nitrogens with one attached hydrogen (secondary N) is 2. The standard InChI is InChI=1S/C23H27FN4O3.HI/c1-2-25-23(27-11-4-13-29-17-21-5-3-14-30-21)28-16-18-10-12-26-22(15-18)31-20-8-6-19(24)7-9-20;/h3,5-10,12,14-15H,2,4,11,13,16-17H2,1H3,(H2,25,27,28);1H. The van der Waals surface area contributed by atoms with Gasteiger partial charge in [-0.3, -0.25) is 0 Å². The molecule has 0 aliphatic heterocycles. The highest BCUT2D eigenvalue weighted by molar-refractivity contribution is 14.0. The van der Waals surface area contributed by atoms with E-state index >= 15 is 0 Å². The summed E-state index contributed by atoms with van der Waals surface area (Å²) in [5.41, 5.74) is 0.950. The summed E-state index contributed by atoms with van der Waals surface area (Å²) in [7, 11) is 0. The lowest BCUT2D eigenvalue weighted by Crippen LogP contribution is -2.38. The predicted octanol–water partition coefficient (Wildman–Crippen LogP) is 4.89. The molecule has 0 saturated heterocycles. The molecule has 0 unspecified atom stereocenters. The number of halogens is 2. The summed E-state index contributed by atoms with van der Waals surface area (Å²) < 4.78 is 29.5. The Bertz CT molecular complexity index is 937. The van der Waals surface area contributed by atoms with Crippen LogP contribution in [0.2, 0.25) is 0 Å². The van der Waals surface area contributed by atoms with Gasteiger partial charge in [0.25, 0.3) is 0 Å². The second-order valence-electron chi connectivity index (χ2n) is 6.67. The highest BCUT2D eigenvalue weighted by Crippen LogP contribution is 2.20. The minimum absolute atomic E-state index is 0. The highest BCUT2D eigenvalue weighted by Gasteiger charge is 2.03. The van der Waals surface area contributed by atoms with E-state index in [4.69, 9.17) is 13.9 Å². The summed E-state index contributed by atoms with van der Waals surface area (Å²) in [4.78, 5) is 8.81. The fourth-order valence-electron chi connectivity index (χ4n) is 2.69. The van der Waals surface area contributed by atoms with Crippen LogP contribution in [-0.4, -0.2) is 30.6 Å². The van der Waals surface area contributed by atoms with Gasteiger partial charge in [0.2, 0.25) is 5.88 Å². The van der Waals surface area contributed by atoms with Crippen LogP contribution in [0.15, 0.2) is 70.4 Å². The zero-order valence-electron chi connectivity index (χ0n) is 17.9. The van der Waals surface area contributed by atoms with E-state index in [2.05, 4.69) is 20.6 Å². The van der Waals surface area contributed by atoms with Gasteiger partial charge in [-0.15, -0.1) is 24.0 Å². The molecular weight excluding hydrogens is 526 g/mol. The smallest absolute Gasteiger partial charge is 0.219 e. The summed E-state index contributed by atoms with van der Waals surface area (Å²) >= 11 is 0. The molecule has 32 heavy (non-hydrogen) atoms. The van der Waals surface area contributed by atoms with E-state index in [1.165, 1.54) is 12.1 Å². The Labute approximate surface area is 204 Å². The lowest BCUT2D eigenvalue weighted by Gasteiger charge is -2.11. The van der Waals surface area contributed by atoms with E-state index in [-0.39, 0.29) is 29.8 Å². The van der Waals surface area contributed by atoms with Gasteiger partial charge in [0, 0.05) is 32.0 Å². The van der Waals surface area contributed by atoms with Crippen LogP contribution in [-0.2, 0) is 17.9 Å². The second kappa shape index (κ2) is 14.4. The van der Waals surface area contributed by atoms with Gasteiger partial charge in [-0.1, -0.05) is 0 Å². The molecule has 0 bridgehead atoms. The number of aromatic nitrogens is 1. The first kappa shape index (κ1) is 25.6. The quantitative estimate of drug-likeness (QED) is 0.152. The Balaban J connectivity index is 0.00000363. The Morgan fingerprint density at radius 3 is 2.75 bits per heavy atom. The van der Waals surface area contributed by atoms with Crippen molar-refractivity contribution in [3.05, 3.63) is 78.1 Å². The van der Waals surface area contributed by atoms with Crippen molar-refractivity contribution in [2.75, 3.05) is 19.7 Å². The van der Waals surface area contributed by atoms with Crippen LogP contribution >= 0.6 is 24.0 Å². The topological polar surface area (TPSA) is 80.9 Å². The Morgan fingerprint density at radius 1 is 1.16 bits per heavy atom. The minimum Gasteiger partial charge on any atom is -0.467 e. The molecule has 0 atom stereocenters. The van der Waals surface area contributed by atoms with E-state index in [9.17, 15) is 4.39 Å². The molecule has 7 nitrogen and oxygen atoms in total. The number of nitrogens with zero attached hydrogens (tertiary/aromatic N) is 2. The molecule has 3 aromatic rings. The molecule has 1 aromatic carbocycles. The molecule has 2 aromatic heterocycles. The first-order chi connectivity index (χ1) is 15.2. The number of pyridine rings is 1. The van der Waals surface area contributed by atoms with Gasteiger partial charge < -0.3 is 24.5 Å². The summed E-state index contributed by atoms with van der Waals surface area (Å²) in [5, 5.41) is 6.52. The van der Waals surface area contributed by atoms with Crippen LogP contribution in [0.3, 0.4) is 0 Å². The van der Waals surface area contributed by atoms with E-state index in [1.807, 2.05) is 31.2 Å². The molecule has 9 heteroatoms. The summed E-state index contributed by atoms with van der Waals surface area (Å²) in [6.45, 7) is 5.08. The maximum absolute atomic E-state index is 13.0. The fraction of sp³-hybridized carbons (Fsp3) is 0.304. The molecule has 0 amide bonds. The number of ether oxygens (including phenoxy) is 2. The number of furan rings is 1. The maximum atomic E-state index is 13.0. The number of rotatable bonds is 11. The van der Waals surface area contributed by atoms with Crippen molar-refractivity contribution >= 4 is 29.9 Å². The van der Waals surface area contributed by atoms with Gasteiger partial charge >= 0.3 is 0 Å². The van der Waals surface area contributed by atoms with E-state index in [1.54, 1.807) is 24.6 Å². The predicted molar refractivity (Wildman–Crippen MR) is 132 cm³/mol. The van der Waals surface area contributed by atoms with Crippen LogP contribution in [0.1, 0.15) is 24.7 Å². The third kappa shape index (κ3) is 9.23. The van der Waals surface area contributed by atoms with Crippen LogP contribution in [0.25, 0.3) is 0 Å². The van der Waals surface area contributed by atoms with Crippen molar-refractivity contribution in [2.45, 2.75) is 26.5 Å². The molecule has 0 aliphatic rings. The van der Waals surface area contributed by atoms with Gasteiger partial charge in [-0.05, 0) is 61.4 Å². The van der Waals surface area contributed by atoms with Crippen LogP contribution < -0.4 is 15.4 Å². The first-order valence-corrected chi connectivity index (χ1v) is 10.2. The van der Waals surface area contributed by atoms with E-state index in [0.29, 0.717) is 31.4 Å². The summed E-state index contributed by atoms with van der Waals surface area (Å²) in [6, 6.07) is 13.3. The van der Waals surface area contributed by atoms with Crippen molar-refractivity contribution in [3.63, 3.8) is 0 Å². The van der Waals surface area contributed by atoms with Crippen molar-refractivity contribution in [2.24, 2.45) is 4.99 Å². The zero-order valence-corrected chi connectivity index (χ0v) is 20.3. The molecule has 0 fully saturated rings. The molecule has 3 rings (SSSR count). The average molecular weight is 554 g/mol. The van der Waals surface area contributed by atoms with Crippen LogP contribution in [0.4, 0.5) is 4.39 Å². The molecule has 0 radical (unpaired) electrons. The Morgan fingerprint density at radius 2 is 2.00 bits per heavy atom. The molecule has 0 aliphatic carbocycles. The number of hydrogen-bond acceptors (Lipinski definition) is 5. The second-order valence-corrected chi connectivity index (χ2v) is 6.67. The van der Waals surface area contributed by atoms with Crippen LogP contribution in [0, 0.1) is 5.82 Å². The number of benzene rings is 1. The lowest BCUT2D eigenvalue weighted by molar-refractivity contribution is 0.105.